The second-order valence-corrected chi connectivity index (χ2v) is 7.38. The van der Waals surface area contributed by atoms with Gasteiger partial charge < -0.3 is 14.8 Å². The van der Waals surface area contributed by atoms with Gasteiger partial charge in [-0.25, -0.2) is 0 Å². The maximum absolute atomic E-state index is 12.7. The summed E-state index contributed by atoms with van der Waals surface area (Å²) in [5.74, 6) is 1.58. The maximum atomic E-state index is 12.7. The zero-order chi connectivity index (χ0) is 21.3. The van der Waals surface area contributed by atoms with Crippen molar-refractivity contribution in [3.8, 4) is 11.5 Å². The minimum Gasteiger partial charge on any atom is -0.497 e. The Morgan fingerprint density at radius 2 is 1.33 bits per heavy atom. The van der Waals surface area contributed by atoms with Gasteiger partial charge in [0.25, 0.3) is 0 Å². The van der Waals surface area contributed by atoms with Crippen LogP contribution < -0.4 is 14.8 Å². The van der Waals surface area contributed by atoms with Crippen LogP contribution >= 0.6 is 0 Å². The van der Waals surface area contributed by atoms with E-state index in [1.165, 1.54) is 11.1 Å². The van der Waals surface area contributed by atoms with Crippen LogP contribution in [0.5, 0.6) is 11.5 Å². The summed E-state index contributed by atoms with van der Waals surface area (Å²) in [7, 11) is 3.25. The lowest BCUT2D eigenvalue weighted by Crippen LogP contribution is -2.37. The molecule has 0 aliphatic heterocycles. The fraction of sp³-hybridized carbons (Fsp3) is 0.269. The molecule has 0 aromatic heterocycles. The van der Waals surface area contributed by atoms with E-state index >= 15 is 0 Å². The lowest BCUT2D eigenvalue weighted by molar-refractivity contribution is -0.121. The monoisotopic (exact) mass is 403 g/mol. The molecule has 4 nitrogen and oxygen atoms in total. The Kier molecular flexibility index (Phi) is 7.50. The molecule has 1 amide bonds. The molecule has 1 N–H and O–H groups in total. The van der Waals surface area contributed by atoms with Crippen LogP contribution in [0.1, 0.15) is 36.0 Å². The van der Waals surface area contributed by atoms with Gasteiger partial charge in [-0.1, -0.05) is 60.7 Å². The van der Waals surface area contributed by atoms with Crippen LogP contribution in [-0.2, 0) is 11.2 Å². The molecular formula is C26H29NO3. The van der Waals surface area contributed by atoms with Gasteiger partial charge in [0, 0.05) is 24.4 Å². The summed E-state index contributed by atoms with van der Waals surface area (Å²) in [6.07, 6.45) is 1.02. The number of hydrogen-bond donors (Lipinski definition) is 1. The van der Waals surface area contributed by atoms with Crippen molar-refractivity contribution in [2.45, 2.75) is 31.7 Å². The van der Waals surface area contributed by atoms with Gasteiger partial charge in [0.1, 0.15) is 11.5 Å². The molecule has 4 heteroatoms. The second-order valence-electron chi connectivity index (χ2n) is 7.38. The Labute approximate surface area is 178 Å². The smallest absolute Gasteiger partial charge is 0.220 e. The zero-order valence-corrected chi connectivity index (χ0v) is 17.8. The van der Waals surface area contributed by atoms with Crippen molar-refractivity contribution >= 4 is 5.91 Å². The van der Waals surface area contributed by atoms with E-state index in [0.29, 0.717) is 12.8 Å². The third-order valence-electron chi connectivity index (χ3n) is 5.26. The van der Waals surface area contributed by atoms with E-state index in [1.807, 2.05) is 54.6 Å². The minimum absolute atomic E-state index is 0.0288. The van der Waals surface area contributed by atoms with Crippen LogP contribution in [0.15, 0.2) is 78.9 Å². The highest BCUT2D eigenvalue weighted by atomic mass is 16.5. The third-order valence-corrected chi connectivity index (χ3v) is 5.26. The van der Waals surface area contributed by atoms with Gasteiger partial charge in [-0.2, -0.15) is 0 Å². The summed E-state index contributed by atoms with van der Waals surface area (Å²) < 4.78 is 10.6. The maximum Gasteiger partial charge on any atom is 0.220 e. The molecule has 0 fully saturated rings. The van der Waals surface area contributed by atoms with E-state index in [2.05, 4.69) is 36.5 Å². The second kappa shape index (κ2) is 10.5. The summed E-state index contributed by atoms with van der Waals surface area (Å²) in [5.41, 5.74) is 3.39. The number of rotatable bonds is 9. The molecule has 0 saturated heterocycles. The Morgan fingerprint density at radius 3 is 1.80 bits per heavy atom. The molecule has 0 bridgehead atoms. The first kappa shape index (κ1) is 21.4. The molecule has 0 spiro atoms. The number of amides is 1. The number of carbonyl (C=O) groups is 1. The predicted molar refractivity (Wildman–Crippen MR) is 120 cm³/mol. The van der Waals surface area contributed by atoms with Gasteiger partial charge >= 0.3 is 0 Å². The molecule has 0 radical (unpaired) electrons. The van der Waals surface area contributed by atoms with Gasteiger partial charge in [-0.3, -0.25) is 4.79 Å². The number of hydrogen-bond acceptors (Lipinski definition) is 3. The number of methoxy groups -OCH3 is 2. The largest absolute Gasteiger partial charge is 0.497 e. The van der Waals surface area contributed by atoms with E-state index < -0.39 is 0 Å². The summed E-state index contributed by atoms with van der Waals surface area (Å²) in [5, 5.41) is 3.20. The van der Waals surface area contributed by atoms with Crippen LogP contribution in [0.3, 0.4) is 0 Å². The average molecular weight is 404 g/mol. The minimum atomic E-state index is -0.0397. The van der Waals surface area contributed by atoms with Crippen LogP contribution in [0.2, 0.25) is 0 Å². The summed E-state index contributed by atoms with van der Waals surface area (Å²) >= 11 is 0. The number of benzene rings is 3. The molecular weight excluding hydrogens is 374 g/mol. The third kappa shape index (κ3) is 5.63. The fourth-order valence-electron chi connectivity index (χ4n) is 3.77. The Morgan fingerprint density at radius 1 is 0.833 bits per heavy atom. The fourth-order valence-corrected chi connectivity index (χ4v) is 3.77. The van der Waals surface area contributed by atoms with E-state index in [1.54, 1.807) is 14.2 Å². The molecule has 0 aliphatic carbocycles. The normalized spacial score (nSPS) is 11.7. The van der Waals surface area contributed by atoms with E-state index in [9.17, 15) is 4.79 Å². The van der Waals surface area contributed by atoms with Crippen LogP contribution in [0, 0.1) is 0 Å². The van der Waals surface area contributed by atoms with Crippen molar-refractivity contribution in [1.82, 2.24) is 5.32 Å². The van der Waals surface area contributed by atoms with Crippen molar-refractivity contribution in [2.75, 3.05) is 14.2 Å². The van der Waals surface area contributed by atoms with E-state index in [-0.39, 0.29) is 17.9 Å². The highest BCUT2D eigenvalue weighted by molar-refractivity contribution is 5.76. The Hall–Kier alpha value is -3.27. The standard InChI is InChI=1S/C26H29NO3/c1-19(26(21-10-6-4-7-11-21)22-12-8-5-9-13-22)27-25(28)15-14-20-16-23(29-2)18-24(17-20)30-3/h4-13,16-19,26H,14-15H2,1-3H3,(H,27,28). The predicted octanol–water partition coefficient (Wildman–Crippen LogP) is 4.97. The molecule has 1 unspecified atom stereocenters. The van der Waals surface area contributed by atoms with Crippen LogP contribution in [0.25, 0.3) is 0 Å². The van der Waals surface area contributed by atoms with Crippen LogP contribution in [0.4, 0.5) is 0 Å². The van der Waals surface area contributed by atoms with Crippen molar-refractivity contribution in [2.24, 2.45) is 0 Å². The Bertz CT molecular complexity index is 879. The molecule has 0 saturated carbocycles. The molecule has 0 heterocycles. The summed E-state index contributed by atoms with van der Waals surface area (Å²) in [6.45, 7) is 2.07. The SMILES string of the molecule is COc1cc(CCC(=O)NC(C)C(c2ccccc2)c2ccccc2)cc(OC)c1. The first-order valence-electron chi connectivity index (χ1n) is 10.2. The summed E-state index contributed by atoms with van der Waals surface area (Å²) in [4.78, 5) is 12.7. The van der Waals surface area contributed by atoms with Crippen LogP contribution in [-0.4, -0.2) is 26.2 Å². The van der Waals surface area contributed by atoms with E-state index in [4.69, 9.17) is 9.47 Å². The average Bonchev–Trinajstić information content (AvgIpc) is 2.79. The molecule has 3 aromatic carbocycles. The molecule has 0 aliphatic rings. The lowest BCUT2D eigenvalue weighted by atomic mass is 9.85. The molecule has 156 valence electrons. The Balaban J connectivity index is 1.69. The van der Waals surface area contributed by atoms with Crippen molar-refractivity contribution in [1.29, 1.82) is 0 Å². The lowest BCUT2D eigenvalue weighted by Gasteiger charge is -2.26. The van der Waals surface area contributed by atoms with Crippen molar-refractivity contribution < 1.29 is 14.3 Å². The number of aryl methyl sites for hydroxylation is 1. The van der Waals surface area contributed by atoms with Gasteiger partial charge in [-0.15, -0.1) is 0 Å². The molecule has 3 aromatic rings. The first-order chi connectivity index (χ1) is 14.6. The zero-order valence-electron chi connectivity index (χ0n) is 17.8. The first-order valence-corrected chi connectivity index (χ1v) is 10.2. The number of nitrogens with one attached hydrogen (secondary N) is 1. The van der Waals surface area contributed by atoms with Gasteiger partial charge in [-0.05, 0) is 42.2 Å². The van der Waals surface area contributed by atoms with Gasteiger partial charge in [0.15, 0.2) is 0 Å². The summed E-state index contributed by atoms with van der Waals surface area (Å²) in [6, 6.07) is 26.3. The number of carbonyl (C=O) groups excluding carboxylic acids is 1. The highest BCUT2D eigenvalue weighted by Crippen LogP contribution is 2.28. The molecule has 3 rings (SSSR count). The quantitative estimate of drug-likeness (QED) is 0.549. The van der Waals surface area contributed by atoms with Gasteiger partial charge in [0.05, 0.1) is 14.2 Å². The van der Waals surface area contributed by atoms with Gasteiger partial charge in [0.2, 0.25) is 5.91 Å². The van der Waals surface area contributed by atoms with Crippen molar-refractivity contribution in [3.05, 3.63) is 95.6 Å². The van der Waals surface area contributed by atoms with Crippen molar-refractivity contribution in [3.63, 3.8) is 0 Å². The molecule has 30 heavy (non-hydrogen) atoms. The molecule has 1 atom stereocenters. The number of ether oxygens (including phenoxy) is 2. The topological polar surface area (TPSA) is 47.6 Å². The van der Waals surface area contributed by atoms with E-state index in [0.717, 1.165) is 17.1 Å². The highest BCUT2D eigenvalue weighted by Gasteiger charge is 2.22.